The van der Waals surface area contributed by atoms with Crippen molar-refractivity contribution in [2.45, 2.75) is 0 Å². The molecule has 0 aliphatic rings. The van der Waals surface area contributed by atoms with E-state index in [1.807, 2.05) is 0 Å². The molecule has 2 heterocycles. The molecule has 0 spiro atoms. The Hall–Kier alpha value is -7.94. The van der Waals surface area contributed by atoms with Crippen LogP contribution in [0.15, 0.2) is 218 Å². The van der Waals surface area contributed by atoms with Crippen LogP contribution in [-0.2, 0) is 0 Å². The molecule has 2 nitrogen and oxygen atoms in total. The smallest absolute Gasteiger partial charge is 0.0541 e. The van der Waals surface area contributed by atoms with Gasteiger partial charge in [0, 0.05) is 32.9 Å². The highest BCUT2D eigenvalue weighted by Crippen LogP contribution is 2.40. The molecule has 11 aromatic carbocycles. The van der Waals surface area contributed by atoms with Gasteiger partial charge in [0.25, 0.3) is 0 Å². The first-order valence-electron chi connectivity index (χ1n) is 20.8. The summed E-state index contributed by atoms with van der Waals surface area (Å²) in [6.07, 6.45) is 0. The molecule has 0 amide bonds. The van der Waals surface area contributed by atoms with Crippen LogP contribution in [0.1, 0.15) is 0 Å². The summed E-state index contributed by atoms with van der Waals surface area (Å²) in [5.41, 5.74) is 12.0. The third-order valence-electron chi connectivity index (χ3n) is 12.9. The Balaban J connectivity index is 0.936. The van der Waals surface area contributed by atoms with Crippen molar-refractivity contribution >= 4 is 86.7 Å². The van der Waals surface area contributed by atoms with Crippen molar-refractivity contribution in [1.29, 1.82) is 0 Å². The van der Waals surface area contributed by atoms with Gasteiger partial charge in [0.15, 0.2) is 0 Å². The molecule has 0 N–H and O–H groups in total. The molecule has 0 saturated heterocycles. The summed E-state index contributed by atoms with van der Waals surface area (Å²) in [6.45, 7) is 0. The molecule has 278 valence electrons. The van der Waals surface area contributed by atoms with Gasteiger partial charge in [0.05, 0.1) is 22.1 Å². The van der Waals surface area contributed by atoms with Gasteiger partial charge in [-0.15, -0.1) is 0 Å². The summed E-state index contributed by atoms with van der Waals surface area (Å²) < 4.78 is 4.81. The average molecular weight is 761 g/mol. The zero-order valence-electron chi connectivity index (χ0n) is 32.7. The van der Waals surface area contributed by atoms with Gasteiger partial charge in [0.2, 0.25) is 0 Å². The van der Waals surface area contributed by atoms with Gasteiger partial charge < -0.3 is 9.13 Å². The molecule has 2 heteroatoms. The SMILES string of the molecule is c1ccc(-n2c3ccccc3c3cc(-c4ccc5c(c4)c4ccccc4n5-c4ccc5ccc(-c6ccc7c8ccccc8c8ccccc8c7c6)cc5c4)ccc32)cc1. The van der Waals surface area contributed by atoms with Gasteiger partial charge in [-0.05, 0) is 138 Å². The second-order valence-electron chi connectivity index (χ2n) is 16.1. The molecule has 0 radical (unpaired) electrons. The topological polar surface area (TPSA) is 9.86 Å². The molecule has 0 fully saturated rings. The van der Waals surface area contributed by atoms with Gasteiger partial charge in [0.1, 0.15) is 0 Å². The van der Waals surface area contributed by atoms with Gasteiger partial charge in [-0.2, -0.15) is 0 Å². The standard InChI is InChI=1S/C58H36N2/c1-2-12-43(13-3-1)59-55-20-10-8-18-50(55)53-35-40(26-30-57(53)59)41-27-31-58-54(36-41)51-19-9-11-21-56(51)60(58)44-28-24-37-22-23-38(32-42(37)33-44)39-25-29-49-47-16-5-4-14-45(47)46-15-6-7-17-48(46)52(49)34-39/h1-36H. The predicted octanol–water partition coefficient (Wildman–Crippen LogP) is 15.8. The molecule has 0 saturated carbocycles. The zero-order valence-corrected chi connectivity index (χ0v) is 32.7. The maximum Gasteiger partial charge on any atom is 0.0541 e. The fraction of sp³-hybridized carbons (Fsp3) is 0. The summed E-state index contributed by atoms with van der Waals surface area (Å²) in [6, 6.07) is 80.6. The monoisotopic (exact) mass is 760 g/mol. The van der Waals surface area contributed by atoms with Gasteiger partial charge in [-0.1, -0.05) is 146 Å². The molecular weight excluding hydrogens is 725 g/mol. The van der Waals surface area contributed by atoms with Gasteiger partial charge >= 0.3 is 0 Å². The molecule has 0 unspecified atom stereocenters. The van der Waals surface area contributed by atoms with E-state index in [0.29, 0.717) is 0 Å². The maximum atomic E-state index is 2.44. The highest BCUT2D eigenvalue weighted by Gasteiger charge is 2.17. The second-order valence-corrected chi connectivity index (χ2v) is 16.1. The van der Waals surface area contributed by atoms with E-state index >= 15 is 0 Å². The summed E-state index contributed by atoms with van der Waals surface area (Å²) in [5, 5.41) is 15.3. The van der Waals surface area contributed by atoms with Crippen LogP contribution in [0, 0.1) is 0 Å². The van der Waals surface area contributed by atoms with Gasteiger partial charge in [-0.25, -0.2) is 0 Å². The number of benzene rings is 11. The Morgan fingerprint density at radius 1 is 0.200 bits per heavy atom. The van der Waals surface area contributed by atoms with Crippen molar-refractivity contribution < 1.29 is 0 Å². The van der Waals surface area contributed by atoms with E-state index in [9.17, 15) is 0 Å². The minimum Gasteiger partial charge on any atom is -0.309 e. The quantitative estimate of drug-likeness (QED) is 0.158. The van der Waals surface area contributed by atoms with Crippen LogP contribution in [0.25, 0.3) is 120 Å². The summed E-state index contributed by atoms with van der Waals surface area (Å²) in [4.78, 5) is 0. The van der Waals surface area contributed by atoms with E-state index in [2.05, 4.69) is 228 Å². The number of rotatable bonds is 4. The van der Waals surface area contributed by atoms with Crippen LogP contribution in [0.5, 0.6) is 0 Å². The molecule has 60 heavy (non-hydrogen) atoms. The molecular formula is C58H36N2. The number of hydrogen-bond acceptors (Lipinski definition) is 0. The van der Waals surface area contributed by atoms with Crippen molar-refractivity contribution in [2.24, 2.45) is 0 Å². The minimum atomic E-state index is 1.16. The molecule has 13 rings (SSSR count). The largest absolute Gasteiger partial charge is 0.309 e. The van der Waals surface area contributed by atoms with E-state index in [1.165, 1.54) is 115 Å². The first-order chi connectivity index (χ1) is 29.7. The summed E-state index contributed by atoms with van der Waals surface area (Å²) >= 11 is 0. The van der Waals surface area contributed by atoms with Gasteiger partial charge in [-0.3, -0.25) is 0 Å². The van der Waals surface area contributed by atoms with Crippen molar-refractivity contribution in [3.8, 4) is 33.6 Å². The zero-order chi connectivity index (χ0) is 39.3. The molecule has 2 aromatic heterocycles. The third-order valence-corrected chi connectivity index (χ3v) is 12.9. The third kappa shape index (κ3) is 4.88. The molecule has 0 aliphatic carbocycles. The number of para-hydroxylation sites is 3. The predicted molar refractivity (Wildman–Crippen MR) is 256 cm³/mol. The Kier molecular flexibility index (Phi) is 7.05. The molecule has 0 aliphatic heterocycles. The fourth-order valence-electron chi connectivity index (χ4n) is 10.1. The number of nitrogens with zero attached hydrogens (tertiary/aromatic N) is 2. The van der Waals surface area contributed by atoms with Crippen LogP contribution in [-0.4, -0.2) is 9.13 Å². The van der Waals surface area contributed by atoms with Crippen LogP contribution < -0.4 is 0 Å². The molecule has 0 bridgehead atoms. The fourth-order valence-corrected chi connectivity index (χ4v) is 10.1. The highest BCUT2D eigenvalue weighted by atomic mass is 15.0. The van der Waals surface area contributed by atoms with Crippen molar-refractivity contribution in [2.75, 3.05) is 0 Å². The van der Waals surface area contributed by atoms with Crippen LogP contribution in [0.3, 0.4) is 0 Å². The normalized spacial score (nSPS) is 12.0. The molecule has 0 atom stereocenters. The lowest BCUT2D eigenvalue weighted by molar-refractivity contribution is 1.18. The number of aromatic nitrogens is 2. The first-order valence-corrected chi connectivity index (χ1v) is 20.8. The van der Waals surface area contributed by atoms with Crippen LogP contribution in [0.4, 0.5) is 0 Å². The van der Waals surface area contributed by atoms with E-state index in [0.717, 1.165) is 5.69 Å². The van der Waals surface area contributed by atoms with E-state index in [1.54, 1.807) is 0 Å². The summed E-state index contributed by atoms with van der Waals surface area (Å²) in [7, 11) is 0. The lowest BCUT2D eigenvalue weighted by atomic mass is 9.91. The Bertz CT molecular complexity index is 3850. The average Bonchev–Trinajstić information content (AvgIpc) is 3.83. The highest BCUT2D eigenvalue weighted by molar-refractivity contribution is 6.26. The Labute approximate surface area is 346 Å². The summed E-state index contributed by atoms with van der Waals surface area (Å²) in [5.74, 6) is 0. The van der Waals surface area contributed by atoms with E-state index in [4.69, 9.17) is 0 Å². The van der Waals surface area contributed by atoms with Crippen LogP contribution in [0.2, 0.25) is 0 Å². The van der Waals surface area contributed by atoms with Crippen LogP contribution >= 0.6 is 0 Å². The van der Waals surface area contributed by atoms with E-state index < -0.39 is 0 Å². The lowest BCUT2D eigenvalue weighted by Gasteiger charge is -2.13. The number of hydrogen-bond donors (Lipinski definition) is 0. The van der Waals surface area contributed by atoms with Crippen molar-refractivity contribution in [1.82, 2.24) is 9.13 Å². The minimum absolute atomic E-state index is 1.16. The van der Waals surface area contributed by atoms with Crippen molar-refractivity contribution in [3.63, 3.8) is 0 Å². The second kappa shape index (κ2) is 12.8. The van der Waals surface area contributed by atoms with E-state index in [-0.39, 0.29) is 0 Å². The molecule has 13 aromatic rings. The maximum absolute atomic E-state index is 2.44. The Morgan fingerprint density at radius 3 is 1.20 bits per heavy atom. The number of fused-ring (bicyclic) bond motifs is 13. The first kappa shape index (κ1) is 33.1. The van der Waals surface area contributed by atoms with Crippen molar-refractivity contribution in [3.05, 3.63) is 218 Å². The lowest BCUT2D eigenvalue weighted by Crippen LogP contribution is -1.94. The Morgan fingerprint density at radius 2 is 0.600 bits per heavy atom.